The van der Waals surface area contributed by atoms with E-state index in [1.807, 2.05) is 12.1 Å². The molecule has 0 aliphatic heterocycles. The van der Waals surface area contributed by atoms with Crippen LogP contribution in [0.5, 0.6) is 0 Å². The molecule has 0 spiro atoms. The number of aromatic carboxylic acids is 1. The van der Waals surface area contributed by atoms with Crippen LogP contribution in [0.3, 0.4) is 0 Å². The third kappa shape index (κ3) is 3.58. The lowest BCUT2D eigenvalue weighted by atomic mass is 10.1. The van der Waals surface area contributed by atoms with Crippen LogP contribution >= 0.6 is 11.3 Å². The van der Waals surface area contributed by atoms with Crippen molar-refractivity contribution in [1.82, 2.24) is 0 Å². The maximum Gasteiger partial charge on any atom is 0.336 e. The summed E-state index contributed by atoms with van der Waals surface area (Å²) in [6.45, 7) is 2.83. The second-order valence-electron chi connectivity index (χ2n) is 4.37. The van der Waals surface area contributed by atoms with Crippen LogP contribution in [0.15, 0.2) is 35.7 Å². The van der Waals surface area contributed by atoms with Crippen molar-refractivity contribution < 1.29 is 9.90 Å². The number of carboxylic acids is 1. The lowest BCUT2D eigenvalue weighted by Crippen LogP contribution is -2.01. The van der Waals surface area contributed by atoms with Crippen LogP contribution in [0.4, 0.5) is 5.69 Å². The van der Waals surface area contributed by atoms with Crippen molar-refractivity contribution in [3.8, 4) is 0 Å². The van der Waals surface area contributed by atoms with Gasteiger partial charge in [0.15, 0.2) is 0 Å². The number of aryl methyl sites for hydroxylation is 1. The van der Waals surface area contributed by atoms with Gasteiger partial charge in [-0.2, -0.15) is 0 Å². The predicted octanol–water partition coefficient (Wildman–Crippen LogP) is 4.01. The van der Waals surface area contributed by atoms with E-state index < -0.39 is 5.97 Å². The molecule has 1 heterocycles. The molecule has 1 aromatic heterocycles. The molecule has 0 saturated carbocycles. The minimum absolute atomic E-state index is 0.364. The molecule has 0 unspecified atom stereocenters. The van der Waals surface area contributed by atoms with Crippen molar-refractivity contribution in [1.29, 1.82) is 0 Å². The molecule has 3 nitrogen and oxygen atoms in total. The van der Waals surface area contributed by atoms with E-state index in [0.29, 0.717) is 12.1 Å². The van der Waals surface area contributed by atoms with Gasteiger partial charge in [0, 0.05) is 22.5 Å². The standard InChI is InChI=1S/C15H17NO2S/c1-2-5-11-6-3-4-7-14(11)16-9-13-8-12(10-19-13)15(17)18/h3-4,6-8,10,16H,2,5,9H2,1H3,(H,17,18). The Hall–Kier alpha value is -1.81. The Kier molecular flexibility index (Phi) is 4.58. The van der Waals surface area contributed by atoms with E-state index in [4.69, 9.17) is 5.11 Å². The van der Waals surface area contributed by atoms with E-state index in [0.717, 1.165) is 23.4 Å². The van der Waals surface area contributed by atoms with E-state index in [1.54, 1.807) is 11.4 Å². The van der Waals surface area contributed by atoms with Gasteiger partial charge in [-0.3, -0.25) is 0 Å². The Balaban J connectivity index is 2.03. The molecule has 2 rings (SSSR count). The number of carboxylic acid groups (broad SMARTS) is 1. The van der Waals surface area contributed by atoms with Gasteiger partial charge in [0.25, 0.3) is 0 Å². The van der Waals surface area contributed by atoms with E-state index in [1.165, 1.54) is 16.9 Å². The Bertz CT molecular complexity index is 563. The van der Waals surface area contributed by atoms with Crippen LogP contribution in [0.2, 0.25) is 0 Å². The number of para-hydroxylation sites is 1. The second kappa shape index (κ2) is 6.38. The van der Waals surface area contributed by atoms with Crippen molar-refractivity contribution in [2.45, 2.75) is 26.3 Å². The van der Waals surface area contributed by atoms with Crippen molar-refractivity contribution in [3.05, 3.63) is 51.7 Å². The molecule has 0 fully saturated rings. The average Bonchev–Trinajstić information content (AvgIpc) is 2.87. The third-order valence-corrected chi connectivity index (χ3v) is 3.83. The normalized spacial score (nSPS) is 10.4. The molecule has 4 heteroatoms. The van der Waals surface area contributed by atoms with E-state index in [9.17, 15) is 4.79 Å². The topological polar surface area (TPSA) is 49.3 Å². The highest BCUT2D eigenvalue weighted by atomic mass is 32.1. The molecule has 0 bridgehead atoms. The molecule has 0 radical (unpaired) electrons. The van der Waals surface area contributed by atoms with Gasteiger partial charge in [0.1, 0.15) is 0 Å². The van der Waals surface area contributed by atoms with Crippen LogP contribution in [-0.4, -0.2) is 11.1 Å². The van der Waals surface area contributed by atoms with Crippen LogP contribution in [-0.2, 0) is 13.0 Å². The molecular weight excluding hydrogens is 258 g/mol. The van der Waals surface area contributed by atoms with Gasteiger partial charge in [-0.25, -0.2) is 4.79 Å². The molecule has 0 aliphatic rings. The number of rotatable bonds is 6. The number of hydrogen-bond acceptors (Lipinski definition) is 3. The van der Waals surface area contributed by atoms with Gasteiger partial charge in [-0.15, -0.1) is 11.3 Å². The lowest BCUT2D eigenvalue weighted by Gasteiger charge is -2.10. The summed E-state index contributed by atoms with van der Waals surface area (Å²) in [6, 6.07) is 9.98. The summed E-state index contributed by atoms with van der Waals surface area (Å²) in [4.78, 5) is 11.8. The maximum atomic E-state index is 10.8. The van der Waals surface area contributed by atoms with E-state index in [2.05, 4.69) is 24.4 Å². The summed E-state index contributed by atoms with van der Waals surface area (Å²) in [7, 11) is 0. The summed E-state index contributed by atoms with van der Waals surface area (Å²) >= 11 is 1.47. The zero-order valence-electron chi connectivity index (χ0n) is 10.8. The first-order valence-electron chi connectivity index (χ1n) is 6.33. The SMILES string of the molecule is CCCc1ccccc1NCc1cc(C(=O)O)cs1. The average molecular weight is 275 g/mol. The van der Waals surface area contributed by atoms with Crippen molar-refractivity contribution in [3.63, 3.8) is 0 Å². The van der Waals surface area contributed by atoms with Gasteiger partial charge >= 0.3 is 5.97 Å². The zero-order chi connectivity index (χ0) is 13.7. The molecule has 19 heavy (non-hydrogen) atoms. The first-order chi connectivity index (χ1) is 9.20. The fourth-order valence-electron chi connectivity index (χ4n) is 1.95. The molecule has 2 aromatic rings. The van der Waals surface area contributed by atoms with E-state index >= 15 is 0 Å². The number of thiophene rings is 1. The monoisotopic (exact) mass is 275 g/mol. The number of benzene rings is 1. The van der Waals surface area contributed by atoms with Gasteiger partial charge in [-0.1, -0.05) is 31.5 Å². The third-order valence-electron chi connectivity index (χ3n) is 2.89. The Labute approximate surface area is 116 Å². The molecule has 100 valence electrons. The zero-order valence-corrected chi connectivity index (χ0v) is 11.7. The maximum absolute atomic E-state index is 10.8. The predicted molar refractivity (Wildman–Crippen MR) is 79.0 cm³/mol. The van der Waals surface area contributed by atoms with E-state index in [-0.39, 0.29) is 0 Å². The Morgan fingerprint density at radius 3 is 2.84 bits per heavy atom. The minimum atomic E-state index is -0.867. The lowest BCUT2D eigenvalue weighted by molar-refractivity contribution is 0.0697. The summed E-state index contributed by atoms with van der Waals surface area (Å²) in [5.74, 6) is -0.867. The largest absolute Gasteiger partial charge is 0.478 e. The Morgan fingerprint density at radius 2 is 2.16 bits per heavy atom. The fourth-order valence-corrected chi connectivity index (χ4v) is 2.75. The highest BCUT2D eigenvalue weighted by Crippen LogP contribution is 2.20. The first kappa shape index (κ1) is 13.6. The fraction of sp³-hybridized carbons (Fsp3) is 0.267. The molecule has 0 amide bonds. The highest BCUT2D eigenvalue weighted by Gasteiger charge is 2.07. The molecule has 1 aromatic carbocycles. The van der Waals surface area contributed by atoms with Gasteiger partial charge in [0.2, 0.25) is 0 Å². The number of nitrogens with one attached hydrogen (secondary N) is 1. The molecular formula is C15H17NO2S. The molecule has 0 aliphatic carbocycles. The molecule has 2 N–H and O–H groups in total. The van der Waals surface area contributed by atoms with Crippen LogP contribution in [0.1, 0.15) is 34.1 Å². The summed E-state index contributed by atoms with van der Waals surface area (Å²) in [5, 5.41) is 13.9. The quantitative estimate of drug-likeness (QED) is 0.837. The number of carbonyl (C=O) groups is 1. The van der Waals surface area contributed by atoms with Crippen LogP contribution in [0, 0.1) is 0 Å². The van der Waals surface area contributed by atoms with Crippen LogP contribution < -0.4 is 5.32 Å². The first-order valence-corrected chi connectivity index (χ1v) is 7.21. The van der Waals surface area contributed by atoms with Crippen LogP contribution in [0.25, 0.3) is 0 Å². The number of hydrogen-bond donors (Lipinski definition) is 2. The molecule has 0 atom stereocenters. The summed E-state index contributed by atoms with van der Waals surface area (Å²) in [6.07, 6.45) is 2.16. The Morgan fingerprint density at radius 1 is 1.37 bits per heavy atom. The van der Waals surface area contributed by atoms with Gasteiger partial charge in [-0.05, 0) is 24.1 Å². The molecule has 0 saturated heterocycles. The second-order valence-corrected chi connectivity index (χ2v) is 5.36. The van der Waals surface area contributed by atoms with Gasteiger partial charge in [0.05, 0.1) is 5.56 Å². The van der Waals surface area contributed by atoms with Crippen molar-refractivity contribution >= 4 is 23.0 Å². The van der Waals surface area contributed by atoms with Crippen molar-refractivity contribution in [2.24, 2.45) is 0 Å². The highest BCUT2D eigenvalue weighted by molar-refractivity contribution is 7.10. The number of anilines is 1. The minimum Gasteiger partial charge on any atom is -0.478 e. The van der Waals surface area contributed by atoms with Crippen molar-refractivity contribution in [2.75, 3.05) is 5.32 Å². The van der Waals surface area contributed by atoms with Gasteiger partial charge < -0.3 is 10.4 Å². The smallest absolute Gasteiger partial charge is 0.336 e. The summed E-state index contributed by atoms with van der Waals surface area (Å²) < 4.78 is 0. The summed E-state index contributed by atoms with van der Waals surface area (Å²) in [5.41, 5.74) is 2.80.